The van der Waals surface area contributed by atoms with Gasteiger partial charge < -0.3 is 4.74 Å². The highest BCUT2D eigenvalue weighted by Crippen LogP contribution is 2.58. The monoisotopic (exact) mass is 509 g/mol. The number of carbonyl (C=O) groups is 4. The zero-order valence-corrected chi connectivity index (χ0v) is 18.7. The van der Waals surface area contributed by atoms with Crippen LogP contribution in [0.5, 0.6) is 0 Å². The molecule has 6 rings (SSSR count). The molecule has 6 nitrogen and oxygen atoms in total. The number of alkyl halides is 3. The summed E-state index contributed by atoms with van der Waals surface area (Å²) in [5, 5.41) is 0. The molecule has 3 aromatic carbocycles. The molecule has 2 saturated heterocycles. The van der Waals surface area contributed by atoms with Gasteiger partial charge in [0.15, 0.2) is 0 Å². The van der Waals surface area contributed by atoms with Crippen molar-refractivity contribution >= 4 is 29.1 Å². The van der Waals surface area contributed by atoms with Crippen LogP contribution in [0.2, 0.25) is 0 Å². The van der Waals surface area contributed by atoms with E-state index in [4.69, 9.17) is 4.74 Å². The van der Waals surface area contributed by atoms with E-state index in [9.17, 15) is 36.7 Å². The summed E-state index contributed by atoms with van der Waals surface area (Å²) < 4.78 is 62.3. The lowest BCUT2D eigenvalue weighted by molar-refractivity contribution is -0.137. The van der Waals surface area contributed by atoms with Crippen molar-refractivity contribution in [2.75, 3.05) is 4.90 Å². The highest BCUT2D eigenvalue weighted by atomic mass is 19.4. The summed E-state index contributed by atoms with van der Waals surface area (Å²) in [4.78, 5) is 55.2. The van der Waals surface area contributed by atoms with Gasteiger partial charge in [-0.05, 0) is 18.2 Å². The zero-order valence-electron chi connectivity index (χ0n) is 18.7. The zero-order chi connectivity index (χ0) is 26.3. The third-order valence-corrected chi connectivity index (χ3v) is 7.18. The van der Waals surface area contributed by atoms with Gasteiger partial charge in [-0.25, -0.2) is 9.29 Å². The molecule has 1 spiro atoms. The van der Waals surface area contributed by atoms with E-state index in [1.54, 1.807) is 0 Å². The van der Waals surface area contributed by atoms with Gasteiger partial charge in [-0.3, -0.25) is 19.2 Å². The first-order valence-corrected chi connectivity index (χ1v) is 11.2. The van der Waals surface area contributed by atoms with E-state index in [0.29, 0.717) is 11.0 Å². The Kier molecular flexibility index (Phi) is 4.81. The van der Waals surface area contributed by atoms with Crippen molar-refractivity contribution in [3.63, 3.8) is 0 Å². The number of nitrogens with zero attached hydrogens (tertiary/aromatic N) is 1. The molecule has 3 aromatic rings. The average molecular weight is 509 g/mol. The van der Waals surface area contributed by atoms with E-state index in [1.807, 2.05) is 0 Å². The average Bonchev–Trinajstić information content (AvgIpc) is 3.44. The molecule has 0 bridgehead atoms. The Morgan fingerprint density at radius 1 is 0.757 bits per heavy atom. The second-order valence-electron chi connectivity index (χ2n) is 9.03. The molecular weight excluding hydrogens is 494 g/mol. The van der Waals surface area contributed by atoms with Gasteiger partial charge in [-0.15, -0.1) is 0 Å². The van der Waals surface area contributed by atoms with E-state index in [1.165, 1.54) is 48.5 Å². The van der Waals surface area contributed by atoms with Gasteiger partial charge in [-0.2, -0.15) is 13.2 Å². The first-order valence-electron chi connectivity index (χ1n) is 11.2. The SMILES string of the molecule is O=C1[C@@H]2[C@@H](c3ccccc3F)OC3(C(=O)c4ccccc4C3=O)[C@H]2C(=O)N1c1ccccc1C(F)(F)F. The smallest absolute Gasteiger partial charge is 0.349 e. The van der Waals surface area contributed by atoms with Crippen LogP contribution in [0.25, 0.3) is 0 Å². The molecule has 3 aliphatic rings. The highest BCUT2D eigenvalue weighted by molar-refractivity contribution is 6.37. The van der Waals surface area contributed by atoms with E-state index >= 15 is 0 Å². The summed E-state index contributed by atoms with van der Waals surface area (Å²) in [6.07, 6.45) is -6.49. The van der Waals surface area contributed by atoms with E-state index in [-0.39, 0.29) is 16.7 Å². The third-order valence-electron chi connectivity index (χ3n) is 7.18. The summed E-state index contributed by atoms with van der Waals surface area (Å²) >= 11 is 0. The Labute approximate surface area is 206 Å². The van der Waals surface area contributed by atoms with Gasteiger partial charge in [0.05, 0.1) is 29.2 Å². The number of amides is 2. The van der Waals surface area contributed by atoms with Gasteiger partial charge in [0.25, 0.3) is 0 Å². The topological polar surface area (TPSA) is 80.8 Å². The Morgan fingerprint density at radius 3 is 1.95 bits per heavy atom. The van der Waals surface area contributed by atoms with Crippen LogP contribution in [0.15, 0.2) is 72.8 Å². The number of benzene rings is 3. The fourth-order valence-electron chi connectivity index (χ4n) is 5.65. The van der Waals surface area contributed by atoms with Crippen molar-refractivity contribution in [3.8, 4) is 0 Å². The minimum absolute atomic E-state index is 0.0465. The summed E-state index contributed by atoms with van der Waals surface area (Å²) in [7, 11) is 0. The molecule has 2 fully saturated rings. The van der Waals surface area contributed by atoms with Gasteiger partial charge in [0, 0.05) is 16.7 Å². The van der Waals surface area contributed by atoms with Crippen LogP contribution in [0.1, 0.15) is 37.9 Å². The van der Waals surface area contributed by atoms with Crippen molar-refractivity contribution in [1.82, 2.24) is 0 Å². The lowest BCUT2D eigenvalue weighted by atomic mass is 9.77. The molecule has 0 aromatic heterocycles. The molecule has 0 unspecified atom stereocenters. The van der Waals surface area contributed by atoms with Crippen molar-refractivity contribution < 1.29 is 41.5 Å². The van der Waals surface area contributed by atoms with E-state index in [2.05, 4.69) is 0 Å². The van der Waals surface area contributed by atoms with Crippen molar-refractivity contribution in [1.29, 1.82) is 0 Å². The Bertz CT molecular complexity index is 1500. The fourth-order valence-corrected chi connectivity index (χ4v) is 5.65. The van der Waals surface area contributed by atoms with Gasteiger partial charge >= 0.3 is 6.18 Å². The Hall–Kier alpha value is -4.18. The standard InChI is InChI=1S/C27H15F4NO5/c28-17-11-5-3-9-15(17)21-19-20(26(37-21)22(33)13-7-1-2-8-14(13)23(26)34)25(36)32(24(19)35)18-12-6-4-10-16(18)27(29,30)31/h1-12,19-21H/t19-,20+,21+/m0/s1. The Morgan fingerprint density at radius 2 is 1.32 bits per heavy atom. The summed E-state index contributed by atoms with van der Waals surface area (Å²) in [6.45, 7) is 0. The van der Waals surface area contributed by atoms with Crippen LogP contribution in [0.3, 0.4) is 0 Å². The van der Waals surface area contributed by atoms with Crippen LogP contribution in [-0.2, 0) is 20.5 Å². The number of rotatable bonds is 2. The number of ketones is 2. The van der Waals surface area contributed by atoms with Crippen molar-refractivity contribution in [2.24, 2.45) is 11.8 Å². The third kappa shape index (κ3) is 2.96. The lowest BCUT2D eigenvalue weighted by Crippen LogP contribution is -2.51. The maximum absolute atomic E-state index is 14.9. The molecule has 3 atom stereocenters. The largest absolute Gasteiger partial charge is 0.418 e. The number of carbonyl (C=O) groups excluding carboxylic acids is 4. The summed E-state index contributed by atoms with van der Waals surface area (Å²) in [5.74, 6) is -8.34. The van der Waals surface area contributed by atoms with Crippen LogP contribution in [0, 0.1) is 17.7 Å². The molecule has 37 heavy (non-hydrogen) atoms. The summed E-state index contributed by atoms with van der Waals surface area (Å²) in [5.41, 5.74) is -4.79. The number of imide groups is 1. The number of fused-ring (bicyclic) bond motifs is 3. The van der Waals surface area contributed by atoms with Crippen molar-refractivity contribution in [3.05, 3.63) is 101 Å². The molecule has 0 N–H and O–H groups in total. The fraction of sp³-hybridized carbons (Fsp3) is 0.185. The van der Waals surface area contributed by atoms with E-state index < -0.39 is 70.2 Å². The number of Topliss-reactive ketones (excluding diaryl/α,β-unsaturated/α-hetero) is 2. The van der Waals surface area contributed by atoms with Gasteiger partial charge in [-0.1, -0.05) is 54.6 Å². The molecule has 1 aliphatic carbocycles. The molecule has 2 heterocycles. The predicted molar refractivity (Wildman–Crippen MR) is 119 cm³/mol. The van der Waals surface area contributed by atoms with Crippen LogP contribution >= 0.6 is 0 Å². The highest BCUT2D eigenvalue weighted by Gasteiger charge is 2.75. The first kappa shape index (κ1) is 23.2. The molecule has 10 heteroatoms. The number of ether oxygens (including phenoxy) is 1. The van der Waals surface area contributed by atoms with E-state index in [0.717, 1.165) is 18.2 Å². The molecular formula is C27H15F4NO5. The number of hydrogen-bond donors (Lipinski definition) is 0. The number of hydrogen-bond acceptors (Lipinski definition) is 5. The number of halogens is 4. The molecule has 0 radical (unpaired) electrons. The maximum Gasteiger partial charge on any atom is 0.418 e. The normalized spacial score (nSPS) is 24.2. The first-order chi connectivity index (χ1) is 17.6. The van der Waals surface area contributed by atoms with Crippen LogP contribution in [-0.4, -0.2) is 29.0 Å². The second kappa shape index (κ2) is 7.66. The maximum atomic E-state index is 14.9. The minimum Gasteiger partial charge on any atom is -0.349 e. The van der Waals surface area contributed by atoms with Gasteiger partial charge in [0.1, 0.15) is 5.82 Å². The summed E-state index contributed by atoms with van der Waals surface area (Å²) in [6, 6.07) is 14.9. The van der Waals surface area contributed by atoms with Crippen LogP contribution < -0.4 is 4.90 Å². The minimum atomic E-state index is -4.91. The Balaban J connectivity index is 1.58. The quantitative estimate of drug-likeness (QED) is 0.288. The lowest BCUT2D eigenvalue weighted by Gasteiger charge is -2.28. The number of anilines is 1. The predicted octanol–water partition coefficient (Wildman–Crippen LogP) is 4.54. The van der Waals surface area contributed by atoms with Crippen LogP contribution in [0.4, 0.5) is 23.2 Å². The van der Waals surface area contributed by atoms with Crippen molar-refractivity contribution in [2.45, 2.75) is 17.9 Å². The molecule has 186 valence electrons. The molecule has 2 aliphatic heterocycles. The molecule has 2 amide bonds. The molecule has 0 saturated carbocycles. The second-order valence-corrected chi connectivity index (χ2v) is 9.03. The number of para-hydroxylation sites is 1. The van der Waals surface area contributed by atoms with Gasteiger partial charge in [0.2, 0.25) is 29.0 Å².